The van der Waals surface area contributed by atoms with E-state index in [0.717, 1.165) is 22.4 Å². The van der Waals surface area contributed by atoms with E-state index >= 15 is 0 Å². The lowest BCUT2D eigenvalue weighted by Crippen LogP contribution is -2.31. The van der Waals surface area contributed by atoms with Gasteiger partial charge in [0.15, 0.2) is 0 Å². The molecule has 2 aromatic carbocycles. The predicted molar refractivity (Wildman–Crippen MR) is 113 cm³/mol. The maximum atomic E-state index is 13.1. The van der Waals surface area contributed by atoms with Crippen molar-refractivity contribution in [1.82, 2.24) is 15.1 Å². The number of aliphatic hydroxyl groups is 1. The van der Waals surface area contributed by atoms with E-state index in [0.29, 0.717) is 36.5 Å². The van der Waals surface area contributed by atoms with Crippen LogP contribution in [-0.4, -0.2) is 51.0 Å². The second-order valence-corrected chi connectivity index (χ2v) is 7.36. The molecule has 0 bridgehead atoms. The van der Waals surface area contributed by atoms with Gasteiger partial charge in [-0.3, -0.25) is 9.89 Å². The molecule has 1 aliphatic rings. The van der Waals surface area contributed by atoms with E-state index in [4.69, 9.17) is 4.74 Å². The fraction of sp³-hybridized carbons (Fsp3) is 0.304. The van der Waals surface area contributed by atoms with E-state index in [9.17, 15) is 15.0 Å². The number of H-pyrrole nitrogens is 1. The molecule has 7 nitrogen and oxygen atoms in total. The van der Waals surface area contributed by atoms with Crippen LogP contribution in [0, 0.1) is 6.92 Å². The number of aliphatic hydroxyl groups excluding tert-OH is 1. The fourth-order valence-electron chi connectivity index (χ4n) is 3.97. The molecule has 0 radical (unpaired) electrons. The fourth-order valence-corrected chi connectivity index (χ4v) is 3.97. The second-order valence-electron chi connectivity index (χ2n) is 7.36. The van der Waals surface area contributed by atoms with Crippen LogP contribution in [0.3, 0.4) is 0 Å². The van der Waals surface area contributed by atoms with Gasteiger partial charge in [-0.2, -0.15) is 5.10 Å². The average molecular weight is 407 g/mol. The highest BCUT2D eigenvalue weighted by Crippen LogP contribution is 2.44. The lowest BCUT2D eigenvalue weighted by atomic mass is 9.95. The number of ether oxygens (including phenoxy) is 1. The number of nitrogens with one attached hydrogen (secondary N) is 1. The van der Waals surface area contributed by atoms with E-state index in [1.54, 1.807) is 11.0 Å². The molecule has 1 aliphatic heterocycles. The minimum absolute atomic E-state index is 0.00249. The Balaban J connectivity index is 1.84. The number of aromatic hydroxyl groups is 1. The molecule has 1 atom stereocenters. The first-order valence-corrected chi connectivity index (χ1v) is 10.1. The van der Waals surface area contributed by atoms with Gasteiger partial charge in [0.25, 0.3) is 5.91 Å². The summed E-state index contributed by atoms with van der Waals surface area (Å²) in [6, 6.07) is 12.6. The molecule has 156 valence electrons. The summed E-state index contributed by atoms with van der Waals surface area (Å²) in [6.07, 6.45) is 0.474. The Bertz CT molecular complexity index is 1060. The van der Waals surface area contributed by atoms with Crippen LogP contribution in [0.2, 0.25) is 0 Å². The summed E-state index contributed by atoms with van der Waals surface area (Å²) in [5.41, 5.74) is 4.20. The lowest BCUT2D eigenvalue weighted by Gasteiger charge is -2.26. The van der Waals surface area contributed by atoms with Crippen molar-refractivity contribution in [3.05, 3.63) is 64.8 Å². The van der Waals surface area contributed by atoms with Crippen LogP contribution in [0.15, 0.2) is 42.5 Å². The molecule has 1 amide bonds. The SMILES string of the molecule is CCOc1ccc([C@H]2c3c(-c4cc(C)ccc4O)n[nH]c3C(=O)N2CCCO)cc1. The first-order valence-electron chi connectivity index (χ1n) is 10.1. The molecule has 0 unspecified atom stereocenters. The van der Waals surface area contributed by atoms with Crippen LogP contribution < -0.4 is 4.74 Å². The monoisotopic (exact) mass is 407 g/mol. The first kappa shape index (κ1) is 20.0. The number of hydrogen-bond acceptors (Lipinski definition) is 5. The molecule has 1 aromatic heterocycles. The molecule has 0 saturated carbocycles. The molecule has 4 rings (SSSR count). The van der Waals surface area contributed by atoms with Crippen LogP contribution >= 0.6 is 0 Å². The molecule has 3 N–H and O–H groups in total. The van der Waals surface area contributed by atoms with Crippen LogP contribution in [0.5, 0.6) is 11.5 Å². The van der Waals surface area contributed by atoms with Gasteiger partial charge in [-0.15, -0.1) is 0 Å². The Kier molecular flexibility index (Phi) is 5.46. The lowest BCUT2D eigenvalue weighted by molar-refractivity contribution is 0.0732. The maximum Gasteiger partial charge on any atom is 0.273 e. The van der Waals surface area contributed by atoms with Crippen molar-refractivity contribution in [2.24, 2.45) is 0 Å². The highest BCUT2D eigenvalue weighted by molar-refractivity contribution is 6.00. The third-order valence-electron chi connectivity index (χ3n) is 5.33. The number of phenols is 1. The van der Waals surface area contributed by atoms with Crippen LogP contribution in [0.1, 0.15) is 46.6 Å². The van der Waals surface area contributed by atoms with Crippen molar-refractivity contribution >= 4 is 5.91 Å². The molecule has 0 fully saturated rings. The highest BCUT2D eigenvalue weighted by atomic mass is 16.5. The number of rotatable bonds is 7. The van der Waals surface area contributed by atoms with Gasteiger partial charge in [0.05, 0.1) is 12.6 Å². The van der Waals surface area contributed by atoms with Crippen LogP contribution in [0.25, 0.3) is 11.3 Å². The number of benzene rings is 2. The molecular weight excluding hydrogens is 382 g/mol. The highest BCUT2D eigenvalue weighted by Gasteiger charge is 2.42. The first-order chi connectivity index (χ1) is 14.5. The molecular formula is C23H25N3O4. The summed E-state index contributed by atoms with van der Waals surface area (Å²) in [5.74, 6) is 0.710. The minimum atomic E-state index is -0.372. The number of aromatic amines is 1. The Morgan fingerprint density at radius 2 is 1.97 bits per heavy atom. The third-order valence-corrected chi connectivity index (χ3v) is 5.33. The van der Waals surface area contributed by atoms with E-state index in [2.05, 4.69) is 10.2 Å². The van der Waals surface area contributed by atoms with E-state index < -0.39 is 0 Å². The summed E-state index contributed by atoms with van der Waals surface area (Å²) < 4.78 is 5.55. The van der Waals surface area contributed by atoms with Gasteiger partial charge in [0.2, 0.25) is 0 Å². The van der Waals surface area contributed by atoms with E-state index in [1.165, 1.54) is 0 Å². The molecule has 0 aliphatic carbocycles. The zero-order valence-corrected chi connectivity index (χ0v) is 17.1. The van der Waals surface area contributed by atoms with Crippen LogP contribution in [0.4, 0.5) is 0 Å². The average Bonchev–Trinajstić information content (AvgIpc) is 3.28. The zero-order chi connectivity index (χ0) is 21.3. The number of carbonyl (C=O) groups excluding carboxylic acids is 1. The summed E-state index contributed by atoms with van der Waals surface area (Å²) in [4.78, 5) is 14.9. The van der Waals surface area contributed by atoms with Gasteiger partial charge in [0, 0.05) is 24.3 Å². The van der Waals surface area contributed by atoms with Crippen molar-refractivity contribution in [2.45, 2.75) is 26.3 Å². The smallest absolute Gasteiger partial charge is 0.273 e. The second kappa shape index (κ2) is 8.20. The van der Waals surface area contributed by atoms with Gasteiger partial charge in [0.1, 0.15) is 22.9 Å². The largest absolute Gasteiger partial charge is 0.507 e. The maximum absolute atomic E-state index is 13.1. The van der Waals surface area contributed by atoms with Crippen molar-refractivity contribution in [1.29, 1.82) is 0 Å². The summed E-state index contributed by atoms with van der Waals surface area (Å²) in [5, 5.41) is 27.1. The number of phenolic OH excluding ortho intramolecular Hbond substituents is 1. The number of amides is 1. The van der Waals surface area contributed by atoms with Gasteiger partial charge in [-0.25, -0.2) is 0 Å². The number of nitrogens with zero attached hydrogens (tertiary/aromatic N) is 2. The summed E-state index contributed by atoms with van der Waals surface area (Å²) in [6.45, 7) is 4.86. The van der Waals surface area contributed by atoms with E-state index in [1.807, 2.05) is 50.2 Å². The van der Waals surface area contributed by atoms with Crippen molar-refractivity contribution in [3.63, 3.8) is 0 Å². The number of fused-ring (bicyclic) bond motifs is 1. The molecule has 0 spiro atoms. The van der Waals surface area contributed by atoms with Crippen LogP contribution in [-0.2, 0) is 0 Å². The van der Waals surface area contributed by atoms with E-state index in [-0.39, 0.29) is 24.3 Å². The molecule has 3 aromatic rings. The summed E-state index contributed by atoms with van der Waals surface area (Å²) in [7, 11) is 0. The Hall–Kier alpha value is -3.32. The number of hydrogen-bond donors (Lipinski definition) is 3. The van der Waals surface area contributed by atoms with Gasteiger partial charge in [-0.05, 0) is 50.1 Å². The molecule has 7 heteroatoms. The van der Waals surface area contributed by atoms with Gasteiger partial charge in [-0.1, -0.05) is 23.8 Å². The Labute approximate surface area is 174 Å². The zero-order valence-electron chi connectivity index (χ0n) is 17.1. The van der Waals surface area contributed by atoms with Gasteiger partial charge < -0.3 is 19.8 Å². The minimum Gasteiger partial charge on any atom is -0.507 e. The normalized spacial score (nSPS) is 15.5. The number of aromatic nitrogens is 2. The Morgan fingerprint density at radius 1 is 1.20 bits per heavy atom. The number of aryl methyl sites for hydroxylation is 1. The third kappa shape index (κ3) is 3.41. The van der Waals surface area contributed by atoms with Crippen molar-refractivity contribution < 1.29 is 19.7 Å². The van der Waals surface area contributed by atoms with Gasteiger partial charge >= 0.3 is 0 Å². The quantitative estimate of drug-likeness (QED) is 0.557. The standard InChI is InChI=1S/C23H25N3O4/c1-3-30-16-8-6-15(7-9-16)22-19-20(17-13-14(2)5-10-18(17)28)24-25-21(19)23(29)26(22)11-4-12-27/h5-10,13,22,27-28H,3-4,11-12H2,1-2H3,(H,24,25)/t22-/m0/s1. The predicted octanol–water partition coefficient (Wildman–Crippen LogP) is 3.42. The summed E-state index contributed by atoms with van der Waals surface area (Å²) >= 11 is 0. The Morgan fingerprint density at radius 3 is 2.67 bits per heavy atom. The van der Waals surface area contributed by atoms with Crippen molar-refractivity contribution in [3.8, 4) is 22.8 Å². The topological polar surface area (TPSA) is 98.7 Å². The molecule has 0 saturated heterocycles. The van der Waals surface area contributed by atoms with Crippen molar-refractivity contribution in [2.75, 3.05) is 19.8 Å². The molecule has 30 heavy (non-hydrogen) atoms. The number of carbonyl (C=O) groups is 1. The molecule has 2 heterocycles.